The molecule has 25 heavy (non-hydrogen) atoms. The molecule has 5 nitrogen and oxygen atoms in total. The number of likely N-dealkylation sites (tertiary alicyclic amines) is 1. The first-order chi connectivity index (χ1) is 11.8. The highest BCUT2D eigenvalue weighted by atomic mass is 19.4. The smallest absolute Gasteiger partial charge is 0.422 e. The summed E-state index contributed by atoms with van der Waals surface area (Å²) in [4.78, 5) is 25.0. The van der Waals surface area contributed by atoms with E-state index >= 15 is 0 Å². The van der Waals surface area contributed by atoms with Crippen LogP contribution in [0.25, 0.3) is 0 Å². The van der Waals surface area contributed by atoms with Gasteiger partial charge in [-0.1, -0.05) is 19.1 Å². The van der Waals surface area contributed by atoms with Crippen molar-refractivity contribution in [3.63, 3.8) is 0 Å². The highest BCUT2D eigenvalue weighted by Crippen LogP contribution is 2.21. The number of rotatable bonds is 4. The van der Waals surface area contributed by atoms with Crippen LogP contribution in [0.3, 0.4) is 0 Å². The maximum absolute atomic E-state index is 12.3. The largest absolute Gasteiger partial charge is 0.440 e. The number of aryl methyl sites for hydroxylation is 1. The molecule has 0 aliphatic carbocycles. The van der Waals surface area contributed by atoms with Gasteiger partial charge in [-0.15, -0.1) is 0 Å². The summed E-state index contributed by atoms with van der Waals surface area (Å²) in [6.45, 7) is 0.841. The van der Waals surface area contributed by atoms with E-state index in [1.54, 1.807) is 0 Å². The van der Waals surface area contributed by atoms with E-state index in [4.69, 9.17) is 0 Å². The van der Waals surface area contributed by atoms with Gasteiger partial charge >= 0.3 is 12.3 Å². The average Bonchev–Trinajstić information content (AvgIpc) is 2.60. The van der Waals surface area contributed by atoms with Crippen molar-refractivity contribution < 1.29 is 27.5 Å². The molecule has 1 aliphatic heterocycles. The second-order valence-electron chi connectivity index (χ2n) is 5.97. The number of carbonyl (C=O) groups excluding carboxylic acids is 2. The van der Waals surface area contributed by atoms with E-state index < -0.39 is 18.9 Å². The fraction of sp³-hybridized carbons (Fsp3) is 0.529. The van der Waals surface area contributed by atoms with Gasteiger partial charge in [0.1, 0.15) is 0 Å². The summed E-state index contributed by atoms with van der Waals surface area (Å²) in [5, 5.41) is 2.83. The molecule has 1 N–H and O–H groups in total. The Morgan fingerprint density at radius 1 is 1.20 bits per heavy atom. The van der Waals surface area contributed by atoms with Gasteiger partial charge in [0.05, 0.1) is 0 Å². The minimum Gasteiger partial charge on any atom is -0.440 e. The summed E-state index contributed by atoms with van der Waals surface area (Å²) in [6.07, 6.45) is -3.84. The number of piperidine rings is 1. The zero-order chi connectivity index (χ0) is 18.4. The number of hydrogen-bond acceptors (Lipinski definition) is 3. The molecule has 0 spiro atoms. The third kappa shape index (κ3) is 5.95. The Hall–Kier alpha value is -2.25. The molecule has 0 aromatic heterocycles. The molecule has 1 saturated heterocycles. The lowest BCUT2D eigenvalue weighted by Gasteiger charge is -2.30. The lowest BCUT2D eigenvalue weighted by atomic mass is 9.96. The number of nitrogens with one attached hydrogen (secondary N) is 1. The molecule has 138 valence electrons. The molecule has 1 aromatic carbocycles. The minimum atomic E-state index is -4.54. The van der Waals surface area contributed by atoms with Crippen molar-refractivity contribution in [2.45, 2.75) is 32.4 Å². The molecule has 2 rings (SSSR count). The van der Waals surface area contributed by atoms with Crippen LogP contribution in [0.2, 0.25) is 0 Å². The summed E-state index contributed by atoms with van der Waals surface area (Å²) in [5.74, 6) is -0.426. The first-order valence-corrected chi connectivity index (χ1v) is 8.16. The van der Waals surface area contributed by atoms with Crippen molar-refractivity contribution in [2.75, 3.05) is 25.0 Å². The topological polar surface area (TPSA) is 58.6 Å². The highest BCUT2D eigenvalue weighted by Gasteiger charge is 2.32. The number of alkyl halides is 3. The summed E-state index contributed by atoms with van der Waals surface area (Å²) >= 11 is 0. The number of nitrogens with zero attached hydrogens (tertiary/aromatic N) is 1. The lowest BCUT2D eigenvalue weighted by molar-refractivity contribution is -0.162. The normalized spacial score (nSPS) is 15.8. The fourth-order valence-electron chi connectivity index (χ4n) is 2.63. The maximum atomic E-state index is 12.3. The van der Waals surface area contributed by atoms with Gasteiger partial charge in [0, 0.05) is 24.7 Å². The third-order valence-electron chi connectivity index (χ3n) is 4.11. The van der Waals surface area contributed by atoms with Gasteiger partial charge in [0.2, 0.25) is 5.91 Å². The average molecular weight is 358 g/mol. The van der Waals surface area contributed by atoms with Gasteiger partial charge in [0.25, 0.3) is 0 Å². The Kier molecular flexibility index (Phi) is 6.27. The Morgan fingerprint density at radius 2 is 1.80 bits per heavy atom. The number of ether oxygens (including phenoxy) is 1. The van der Waals surface area contributed by atoms with Crippen LogP contribution in [0.1, 0.15) is 25.3 Å². The maximum Gasteiger partial charge on any atom is 0.422 e. The van der Waals surface area contributed by atoms with E-state index in [0.29, 0.717) is 18.5 Å². The number of benzene rings is 1. The highest BCUT2D eigenvalue weighted by molar-refractivity contribution is 5.92. The number of anilines is 1. The summed E-state index contributed by atoms with van der Waals surface area (Å²) < 4.78 is 40.4. The first kappa shape index (κ1) is 19.1. The molecule has 0 saturated carbocycles. The number of hydrogen-bond donors (Lipinski definition) is 1. The standard InChI is InChI=1S/C17H21F3N2O3/c1-2-12-3-5-14(6-4-12)21-15(23)13-7-9-22(10-8-13)16(24)25-11-17(18,19)20/h3-6,13H,2,7-11H2,1H3,(H,21,23). The van der Waals surface area contributed by atoms with Crippen molar-refractivity contribution in [3.05, 3.63) is 29.8 Å². The molecule has 1 heterocycles. The second kappa shape index (κ2) is 8.22. The van der Waals surface area contributed by atoms with Crippen LogP contribution < -0.4 is 5.32 Å². The summed E-state index contributed by atoms with van der Waals surface area (Å²) in [5.41, 5.74) is 1.87. The monoisotopic (exact) mass is 358 g/mol. The van der Waals surface area contributed by atoms with Gasteiger partial charge in [-0.3, -0.25) is 4.79 Å². The zero-order valence-corrected chi connectivity index (χ0v) is 13.9. The van der Waals surface area contributed by atoms with E-state index in [0.717, 1.165) is 6.42 Å². The predicted molar refractivity (Wildman–Crippen MR) is 86.1 cm³/mol. The van der Waals surface area contributed by atoms with Crippen molar-refractivity contribution in [1.82, 2.24) is 4.90 Å². The molecule has 8 heteroatoms. The first-order valence-electron chi connectivity index (χ1n) is 8.16. The molecule has 0 radical (unpaired) electrons. The van der Waals surface area contributed by atoms with E-state index in [2.05, 4.69) is 10.1 Å². The van der Waals surface area contributed by atoms with E-state index in [-0.39, 0.29) is 24.9 Å². The third-order valence-corrected chi connectivity index (χ3v) is 4.11. The summed E-state index contributed by atoms with van der Waals surface area (Å²) in [7, 11) is 0. The molecule has 0 unspecified atom stereocenters. The Morgan fingerprint density at radius 3 is 2.32 bits per heavy atom. The number of amides is 2. The summed E-state index contributed by atoms with van der Waals surface area (Å²) in [6, 6.07) is 7.55. The molecule has 0 atom stereocenters. The van der Waals surface area contributed by atoms with E-state index in [1.165, 1.54) is 10.5 Å². The van der Waals surface area contributed by atoms with Gasteiger partial charge < -0.3 is 15.0 Å². The molecule has 0 bridgehead atoms. The number of halogens is 3. The fourth-order valence-corrected chi connectivity index (χ4v) is 2.63. The predicted octanol–water partition coefficient (Wildman–Crippen LogP) is 3.60. The van der Waals surface area contributed by atoms with Gasteiger partial charge in [-0.05, 0) is 37.0 Å². The van der Waals surface area contributed by atoms with Crippen LogP contribution in [-0.2, 0) is 16.0 Å². The molecule has 1 aliphatic rings. The van der Waals surface area contributed by atoms with Gasteiger partial charge in [-0.2, -0.15) is 13.2 Å². The zero-order valence-electron chi connectivity index (χ0n) is 13.9. The quantitative estimate of drug-likeness (QED) is 0.895. The van der Waals surface area contributed by atoms with E-state index in [1.807, 2.05) is 31.2 Å². The van der Waals surface area contributed by atoms with Crippen LogP contribution in [0.5, 0.6) is 0 Å². The van der Waals surface area contributed by atoms with Crippen molar-refractivity contribution in [1.29, 1.82) is 0 Å². The molecular weight excluding hydrogens is 337 g/mol. The lowest BCUT2D eigenvalue weighted by Crippen LogP contribution is -2.42. The van der Waals surface area contributed by atoms with Crippen molar-refractivity contribution in [2.24, 2.45) is 5.92 Å². The Labute approximate surface area is 144 Å². The number of carbonyl (C=O) groups is 2. The van der Waals surface area contributed by atoms with Crippen LogP contribution in [-0.4, -0.2) is 42.8 Å². The van der Waals surface area contributed by atoms with Crippen LogP contribution >= 0.6 is 0 Å². The SMILES string of the molecule is CCc1ccc(NC(=O)C2CCN(C(=O)OCC(F)(F)F)CC2)cc1. The van der Waals surface area contributed by atoms with Gasteiger partial charge in [-0.25, -0.2) is 4.79 Å². The van der Waals surface area contributed by atoms with E-state index in [9.17, 15) is 22.8 Å². The molecule has 2 amide bonds. The van der Waals surface area contributed by atoms with Crippen LogP contribution in [0.15, 0.2) is 24.3 Å². The molecule has 1 aromatic rings. The van der Waals surface area contributed by atoms with Crippen molar-refractivity contribution in [3.8, 4) is 0 Å². The molecule has 1 fully saturated rings. The Bertz CT molecular complexity index is 594. The minimum absolute atomic E-state index is 0.146. The Balaban J connectivity index is 1.78. The van der Waals surface area contributed by atoms with Gasteiger partial charge in [0.15, 0.2) is 6.61 Å². The van der Waals surface area contributed by atoms with Crippen LogP contribution in [0.4, 0.5) is 23.7 Å². The van der Waals surface area contributed by atoms with Crippen LogP contribution in [0, 0.1) is 5.92 Å². The van der Waals surface area contributed by atoms with Crippen molar-refractivity contribution >= 4 is 17.7 Å². The second-order valence-corrected chi connectivity index (χ2v) is 5.97. The molecular formula is C17H21F3N2O3.